The molecule has 0 N–H and O–H groups in total. The minimum Gasteiger partial charge on any atom is -0.469 e. The molecule has 0 unspecified atom stereocenters. The van der Waals surface area contributed by atoms with Crippen LogP contribution in [0.4, 0.5) is 0 Å². The Labute approximate surface area is 171 Å². The second kappa shape index (κ2) is 12.4. The van der Waals surface area contributed by atoms with Crippen molar-refractivity contribution in [1.82, 2.24) is 4.90 Å². The number of piperidine rings is 1. The first-order valence-electron chi connectivity index (χ1n) is 9.79. The van der Waals surface area contributed by atoms with Crippen LogP contribution in [0.1, 0.15) is 37.7 Å². The second-order valence-electron chi connectivity index (χ2n) is 6.83. The fraction of sp³-hybridized carbons (Fsp3) is 0.500. The zero-order chi connectivity index (χ0) is 20.2. The Morgan fingerprint density at radius 3 is 2.79 bits per heavy atom. The Balaban J connectivity index is 1.78. The van der Waals surface area contributed by atoms with Crippen LogP contribution in [0.2, 0.25) is 0 Å². The van der Waals surface area contributed by atoms with Crippen molar-refractivity contribution in [3.63, 3.8) is 0 Å². The first-order valence-corrected chi connectivity index (χ1v) is 10.9. The van der Waals surface area contributed by atoms with Crippen LogP contribution in [0.15, 0.2) is 42.5 Å². The molecule has 0 radical (unpaired) electrons. The van der Waals surface area contributed by atoms with Gasteiger partial charge >= 0.3 is 5.97 Å². The Kier molecular flexibility index (Phi) is 9.83. The lowest BCUT2D eigenvalue weighted by Gasteiger charge is -2.34. The lowest BCUT2D eigenvalue weighted by Crippen LogP contribution is -2.43. The van der Waals surface area contributed by atoms with E-state index in [9.17, 15) is 14.4 Å². The molecule has 1 aromatic rings. The molecular weight excluding hydrogens is 374 g/mol. The Hall–Kier alpha value is -2.08. The number of esters is 1. The summed E-state index contributed by atoms with van der Waals surface area (Å²) in [5, 5.41) is 0. The van der Waals surface area contributed by atoms with Crippen molar-refractivity contribution in [3.8, 4) is 0 Å². The number of rotatable bonds is 11. The normalized spacial score (nSPS) is 17.1. The summed E-state index contributed by atoms with van der Waals surface area (Å²) in [5.74, 6) is 1.73. The number of benzene rings is 1. The number of hydrogen-bond donors (Lipinski definition) is 0. The molecule has 0 saturated carbocycles. The topological polar surface area (TPSA) is 63.7 Å². The van der Waals surface area contributed by atoms with Gasteiger partial charge in [0.1, 0.15) is 0 Å². The van der Waals surface area contributed by atoms with Gasteiger partial charge in [-0.3, -0.25) is 14.4 Å². The minimum absolute atomic E-state index is 0.00311. The van der Waals surface area contributed by atoms with Gasteiger partial charge in [0.15, 0.2) is 5.78 Å². The third-order valence-electron chi connectivity index (χ3n) is 4.71. The number of likely N-dealkylation sites (tertiary alicyclic amines) is 1. The summed E-state index contributed by atoms with van der Waals surface area (Å²) in [4.78, 5) is 37.5. The van der Waals surface area contributed by atoms with Crippen molar-refractivity contribution in [2.45, 2.75) is 44.6 Å². The maximum absolute atomic E-state index is 12.3. The summed E-state index contributed by atoms with van der Waals surface area (Å²) < 4.78 is 4.63. The molecule has 1 amide bonds. The van der Waals surface area contributed by atoms with Crippen LogP contribution in [-0.2, 0) is 25.5 Å². The molecule has 2 rings (SSSR count). The summed E-state index contributed by atoms with van der Waals surface area (Å²) in [6.07, 6.45) is 7.46. The van der Waals surface area contributed by atoms with Crippen molar-refractivity contribution >= 4 is 29.4 Å². The van der Waals surface area contributed by atoms with Gasteiger partial charge in [-0.25, -0.2) is 0 Å². The van der Waals surface area contributed by atoms with Gasteiger partial charge in [-0.1, -0.05) is 36.4 Å². The number of carbonyl (C=O) groups is 3. The lowest BCUT2D eigenvalue weighted by molar-refractivity contribution is -0.140. The van der Waals surface area contributed by atoms with Crippen LogP contribution in [-0.4, -0.2) is 53.8 Å². The minimum atomic E-state index is -0.183. The third kappa shape index (κ3) is 7.89. The molecule has 1 fully saturated rings. The van der Waals surface area contributed by atoms with E-state index in [0.717, 1.165) is 36.3 Å². The third-order valence-corrected chi connectivity index (χ3v) is 5.76. The monoisotopic (exact) mass is 403 g/mol. The average Bonchev–Trinajstić information content (AvgIpc) is 2.70. The van der Waals surface area contributed by atoms with Gasteiger partial charge < -0.3 is 9.64 Å². The molecule has 5 nitrogen and oxygen atoms in total. The molecule has 28 heavy (non-hydrogen) atoms. The van der Waals surface area contributed by atoms with E-state index in [1.807, 2.05) is 41.3 Å². The van der Waals surface area contributed by atoms with E-state index in [1.165, 1.54) is 7.11 Å². The fourth-order valence-electron chi connectivity index (χ4n) is 3.20. The van der Waals surface area contributed by atoms with E-state index in [0.29, 0.717) is 25.8 Å². The molecule has 0 bridgehead atoms. The van der Waals surface area contributed by atoms with Crippen LogP contribution in [0.3, 0.4) is 0 Å². The number of allylic oxidation sites excluding steroid dienone is 1. The number of methoxy groups -OCH3 is 1. The fourth-order valence-corrected chi connectivity index (χ4v) is 4.08. The first-order chi connectivity index (χ1) is 13.6. The highest BCUT2D eigenvalue weighted by atomic mass is 32.2. The van der Waals surface area contributed by atoms with Crippen LogP contribution in [0.25, 0.3) is 0 Å². The van der Waals surface area contributed by atoms with Crippen LogP contribution in [0.5, 0.6) is 0 Å². The molecule has 1 saturated heterocycles. The quantitative estimate of drug-likeness (QED) is 0.322. The number of nitrogens with zero attached hydrogens (tertiary/aromatic N) is 1. The largest absolute Gasteiger partial charge is 0.469 e. The predicted molar refractivity (Wildman–Crippen MR) is 112 cm³/mol. The SMILES string of the molecule is COC(=O)CCCSCCN1C(=O)CCC[C@@H]1/C=C/C(=O)Cc1ccccc1. The number of carbonyl (C=O) groups excluding carboxylic acids is 3. The van der Waals surface area contributed by atoms with Gasteiger partial charge in [0.2, 0.25) is 5.91 Å². The van der Waals surface area contributed by atoms with Gasteiger partial charge in [-0.05, 0) is 36.7 Å². The van der Waals surface area contributed by atoms with Crippen LogP contribution >= 0.6 is 11.8 Å². The highest BCUT2D eigenvalue weighted by molar-refractivity contribution is 7.99. The number of hydrogen-bond acceptors (Lipinski definition) is 5. The van der Waals surface area contributed by atoms with Gasteiger partial charge in [0.05, 0.1) is 13.2 Å². The summed E-state index contributed by atoms with van der Waals surface area (Å²) in [6, 6.07) is 9.67. The molecule has 0 spiro atoms. The summed E-state index contributed by atoms with van der Waals surface area (Å²) in [5.41, 5.74) is 0.997. The molecule has 1 atom stereocenters. The molecule has 1 aliphatic heterocycles. The molecule has 0 aromatic heterocycles. The van der Waals surface area contributed by atoms with Crippen molar-refractivity contribution in [2.24, 2.45) is 0 Å². The van der Waals surface area contributed by atoms with E-state index >= 15 is 0 Å². The zero-order valence-electron chi connectivity index (χ0n) is 16.5. The van der Waals surface area contributed by atoms with Gasteiger partial charge in [0, 0.05) is 31.6 Å². The molecule has 6 heteroatoms. The standard InChI is InChI=1S/C22H29NO4S/c1-27-22(26)11-6-15-28-16-14-23-19(9-5-10-21(23)25)12-13-20(24)17-18-7-3-2-4-8-18/h2-4,7-8,12-13,19H,5-6,9-11,14-17H2,1H3/b13-12+/t19-/m1/s1. The number of ketones is 1. The van der Waals surface area contributed by atoms with Crippen molar-refractivity contribution < 1.29 is 19.1 Å². The number of ether oxygens (including phenoxy) is 1. The van der Waals surface area contributed by atoms with Crippen LogP contribution in [0, 0.1) is 0 Å². The Morgan fingerprint density at radius 1 is 1.25 bits per heavy atom. The van der Waals surface area contributed by atoms with Gasteiger partial charge in [-0.2, -0.15) is 11.8 Å². The van der Waals surface area contributed by atoms with E-state index in [2.05, 4.69) is 4.74 Å². The summed E-state index contributed by atoms with van der Waals surface area (Å²) in [6.45, 7) is 0.670. The molecule has 1 aromatic carbocycles. The van der Waals surface area contributed by atoms with E-state index in [-0.39, 0.29) is 23.7 Å². The average molecular weight is 404 g/mol. The first kappa shape index (κ1) is 22.2. The smallest absolute Gasteiger partial charge is 0.305 e. The maximum atomic E-state index is 12.3. The maximum Gasteiger partial charge on any atom is 0.305 e. The van der Waals surface area contributed by atoms with Crippen molar-refractivity contribution in [2.75, 3.05) is 25.2 Å². The zero-order valence-corrected chi connectivity index (χ0v) is 17.3. The molecule has 0 aliphatic carbocycles. The second-order valence-corrected chi connectivity index (χ2v) is 8.05. The highest BCUT2D eigenvalue weighted by Gasteiger charge is 2.25. The number of amides is 1. The van der Waals surface area contributed by atoms with E-state index in [4.69, 9.17) is 0 Å². The molecule has 1 aliphatic rings. The lowest BCUT2D eigenvalue weighted by atomic mass is 10.00. The van der Waals surface area contributed by atoms with Crippen LogP contribution < -0.4 is 0 Å². The summed E-state index contributed by atoms with van der Waals surface area (Å²) >= 11 is 1.74. The van der Waals surface area contributed by atoms with E-state index in [1.54, 1.807) is 17.8 Å². The molecular formula is C22H29NO4S. The van der Waals surface area contributed by atoms with Crippen molar-refractivity contribution in [3.05, 3.63) is 48.0 Å². The van der Waals surface area contributed by atoms with Crippen molar-refractivity contribution in [1.29, 1.82) is 0 Å². The molecule has 1 heterocycles. The predicted octanol–water partition coefficient (Wildman–Crippen LogP) is 3.42. The summed E-state index contributed by atoms with van der Waals surface area (Å²) in [7, 11) is 1.40. The highest BCUT2D eigenvalue weighted by Crippen LogP contribution is 2.20. The number of thioether (sulfide) groups is 1. The van der Waals surface area contributed by atoms with E-state index < -0.39 is 0 Å². The van der Waals surface area contributed by atoms with Gasteiger partial charge in [0.25, 0.3) is 0 Å². The Bertz CT molecular complexity index is 674. The molecule has 152 valence electrons. The Morgan fingerprint density at radius 2 is 2.04 bits per heavy atom. The van der Waals surface area contributed by atoms with Gasteiger partial charge in [-0.15, -0.1) is 0 Å².